The van der Waals surface area contributed by atoms with E-state index in [2.05, 4.69) is 10.2 Å². The van der Waals surface area contributed by atoms with Crippen LogP contribution < -0.4 is 0 Å². The van der Waals surface area contributed by atoms with Gasteiger partial charge in [-0.15, -0.1) is 0 Å². The van der Waals surface area contributed by atoms with Crippen molar-refractivity contribution in [1.29, 1.82) is 5.26 Å². The number of rotatable bonds is 3. The van der Waals surface area contributed by atoms with Gasteiger partial charge < -0.3 is 10.2 Å². The summed E-state index contributed by atoms with van der Waals surface area (Å²) in [5.74, 6) is -0.427. The second-order valence-corrected chi connectivity index (χ2v) is 3.73. The zero-order valence-corrected chi connectivity index (χ0v) is 9.21. The third kappa shape index (κ3) is 2.22. The summed E-state index contributed by atoms with van der Waals surface area (Å²) in [5.41, 5.74) is 1.10. The van der Waals surface area contributed by atoms with Crippen LogP contribution in [0.15, 0.2) is 30.5 Å². The lowest BCUT2D eigenvalue weighted by Gasteiger charge is -2.11. The monoisotopic (exact) mass is 247 g/mol. The van der Waals surface area contributed by atoms with Crippen LogP contribution in [0.5, 0.6) is 0 Å². The summed E-state index contributed by atoms with van der Waals surface area (Å²) in [4.78, 5) is 0. The minimum atomic E-state index is -1.56. The van der Waals surface area contributed by atoms with Gasteiger partial charge in [0.15, 0.2) is 6.10 Å². The lowest BCUT2D eigenvalue weighted by molar-refractivity contribution is 0.0532. The first-order valence-electron chi connectivity index (χ1n) is 5.18. The Morgan fingerprint density at radius 3 is 2.83 bits per heavy atom. The van der Waals surface area contributed by atoms with E-state index in [1.165, 1.54) is 30.5 Å². The molecule has 0 amide bonds. The molecule has 0 saturated heterocycles. The zero-order valence-electron chi connectivity index (χ0n) is 9.21. The number of nitrogens with one attached hydrogen (secondary N) is 1. The Bertz CT molecular complexity index is 591. The average Bonchev–Trinajstić information content (AvgIpc) is 2.86. The Balaban J connectivity index is 2.43. The van der Waals surface area contributed by atoms with Gasteiger partial charge in [-0.2, -0.15) is 10.4 Å². The minimum absolute atomic E-state index is 0.245. The minimum Gasteiger partial charge on any atom is -0.384 e. The van der Waals surface area contributed by atoms with E-state index in [9.17, 15) is 14.6 Å². The van der Waals surface area contributed by atoms with Crippen LogP contribution in [0.2, 0.25) is 0 Å². The van der Waals surface area contributed by atoms with Crippen molar-refractivity contribution in [3.8, 4) is 17.3 Å². The number of nitriles is 1. The summed E-state index contributed by atoms with van der Waals surface area (Å²) in [7, 11) is 0. The van der Waals surface area contributed by atoms with E-state index in [0.29, 0.717) is 11.3 Å². The van der Waals surface area contributed by atoms with Crippen molar-refractivity contribution in [2.75, 3.05) is 0 Å². The molecular weight excluding hydrogens is 237 g/mol. The second kappa shape index (κ2) is 4.96. The third-order valence-electron chi connectivity index (χ3n) is 2.53. The smallest absolute Gasteiger partial charge is 0.170 e. The molecule has 3 N–H and O–H groups in total. The van der Waals surface area contributed by atoms with Crippen molar-refractivity contribution in [2.24, 2.45) is 0 Å². The van der Waals surface area contributed by atoms with E-state index in [1.54, 1.807) is 6.07 Å². The molecule has 0 aliphatic heterocycles. The molecule has 18 heavy (non-hydrogen) atoms. The first-order chi connectivity index (χ1) is 8.63. The van der Waals surface area contributed by atoms with E-state index in [1.807, 2.05) is 0 Å². The Morgan fingerprint density at radius 2 is 2.17 bits per heavy atom. The highest BCUT2D eigenvalue weighted by Crippen LogP contribution is 2.28. The number of aromatic nitrogens is 2. The number of H-pyrrole nitrogens is 1. The molecule has 6 heteroatoms. The van der Waals surface area contributed by atoms with Gasteiger partial charge in [-0.05, 0) is 12.1 Å². The van der Waals surface area contributed by atoms with E-state index < -0.39 is 18.0 Å². The molecule has 0 bridgehead atoms. The highest BCUT2D eigenvalue weighted by molar-refractivity contribution is 5.63. The zero-order chi connectivity index (χ0) is 13.1. The molecule has 5 nitrogen and oxygen atoms in total. The number of nitrogens with zero attached hydrogens (tertiary/aromatic N) is 2. The highest BCUT2D eigenvalue weighted by atomic mass is 19.1. The van der Waals surface area contributed by atoms with Crippen molar-refractivity contribution in [2.45, 2.75) is 12.2 Å². The summed E-state index contributed by atoms with van der Waals surface area (Å²) in [6, 6.07) is 7.24. The quantitative estimate of drug-likeness (QED) is 0.709. The Labute approximate surface area is 102 Å². The number of aromatic amines is 1. The van der Waals surface area contributed by atoms with E-state index in [0.717, 1.165) is 0 Å². The number of aliphatic hydroxyl groups excluding tert-OH is 2. The van der Waals surface area contributed by atoms with Crippen LogP contribution in [0, 0.1) is 17.1 Å². The predicted octanol–water partition coefficient (Wildman–Crippen LogP) is 1.13. The van der Waals surface area contributed by atoms with Crippen LogP contribution in [0.3, 0.4) is 0 Å². The lowest BCUT2D eigenvalue weighted by Crippen LogP contribution is -2.15. The average molecular weight is 247 g/mol. The van der Waals surface area contributed by atoms with Gasteiger partial charge >= 0.3 is 0 Å². The first kappa shape index (κ1) is 12.2. The molecule has 0 aliphatic rings. The predicted molar refractivity (Wildman–Crippen MR) is 60.6 cm³/mol. The lowest BCUT2D eigenvalue weighted by atomic mass is 10.0. The maximum atomic E-state index is 13.1. The molecule has 0 fully saturated rings. The molecule has 2 unspecified atom stereocenters. The Morgan fingerprint density at radius 1 is 1.39 bits per heavy atom. The van der Waals surface area contributed by atoms with Gasteiger partial charge in [0, 0.05) is 11.1 Å². The standard InChI is InChI=1S/C12H10FN3O2/c13-8-3-1-2-7(4-8)11-9(6-15-16-11)12(18)10(17)5-14/h1-4,6,10,12,17-18H,(H,15,16). The van der Waals surface area contributed by atoms with Crippen molar-refractivity contribution in [3.05, 3.63) is 41.8 Å². The van der Waals surface area contributed by atoms with Gasteiger partial charge in [-0.25, -0.2) is 4.39 Å². The number of hydrogen-bond donors (Lipinski definition) is 3. The molecule has 0 radical (unpaired) electrons. The molecule has 2 atom stereocenters. The van der Waals surface area contributed by atoms with Crippen LogP contribution in [-0.4, -0.2) is 26.5 Å². The van der Waals surface area contributed by atoms with Crippen molar-refractivity contribution < 1.29 is 14.6 Å². The largest absolute Gasteiger partial charge is 0.384 e. The maximum Gasteiger partial charge on any atom is 0.170 e. The van der Waals surface area contributed by atoms with Gasteiger partial charge in [0.1, 0.15) is 11.9 Å². The molecule has 2 rings (SSSR count). The summed E-state index contributed by atoms with van der Waals surface area (Å²) in [6.07, 6.45) is -1.66. The first-order valence-corrected chi connectivity index (χ1v) is 5.18. The fourth-order valence-electron chi connectivity index (χ4n) is 1.64. The van der Waals surface area contributed by atoms with E-state index >= 15 is 0 Å². The summed E-state index contributed by atoms with van der Waals surface area (Å²) in [5, 5.41) is 34.0. The van der Waals surface area contributed by atoms with Crippen molar-refractivity contribution >= 4 is 0 Å². The van der Waals surface area contributed by atoms with Gasteiger partial charge in [-0.3, -0.25) is 5.10 Å². The van der Waals surface area contributed by atoms with Crippen LogP contribution in [0.4, 0.5) is 4.39 Å². The summed E-state index contributed by atoms with van der Waals surface area (Å²) < 4.78 is 13.1. The summed E-state index contributed by atoms with van der Waals surface area (Å²) >= 11 is 0. The second-order valence-electron chi connectivity index (χ2n) is 3.73. The molecule has 2 aromatic rings. The molecule has 1 aromatic carbocycles. The van der Waals surface area contributed by atoms with Crippen LogP contribution in [-0.2, 0) is 0 Å². The molecular formula is C12H10FN3O2. The molecule has 0 spiro atoms. The number of aliphatic hydroxyl groups is 2. The maximum absolute atomic E-state index is 13.1. The topological polar surface area (TPSA) is 92.9 Å². The van der Waals surface area contributed by atoms with Crippen LogP contribution in [0.1, 0.15) is 11.7 Å². The number of benzene rings is 1. The highest BCUT2D eigenvalue weighted by Gasteiger charge is 2.23. The number of hydrogen-bond acceptors (Lipinski definition) is 4. The Kier molecular flexibility index (Phi) is 3.37. The molecule has 0 saturated carbocycles. The number of halogens is 1. The van der Waals surface area contributed by atoms with Crippen LogP contribution >= 0.6 is 0 Å². The van der Waals surface area contributed by atoms with Crippen LogP contribution in [0.25, 0.3) is 11.3 Å². The van der Waals surface area contributed by atoms with Crippen molar-refractivity contribution in [1.82, 2.24) is 10.2 Å². The van der Waals surface area contributed by atoms with Gasteiger partial charge in [0.25, 0.3) is 0 Å². The molecule has 1 heterocycles. The SMILES string of the molecule is N#CC(O)C(O)c1cn[nH]c1-c1cccc(F)c1. The van der Waals surface area contributed by atoms with E-state index in [-0.39, 0.29) is 5.56 Å². The molecule has 0 aliphatic carbocycles. The normalized spacial score (nSPS) is 13.9. The molecule has 92 valence electrons. The summed E-state index contributed by atoms with van der Waals surface area (Å²) in [6.45, 7) is 0. The fraction of sp³-hybridized carbons (Fsp3) is 0.167. The molecule has 1 aromatic heterocycles. The van der Waals surface area contributed by atoms with Gasteiger partial charge in [0.2, 0.25) is 0 Å². The Hall–Kier alpha value is -2.23. The van der Waals surface area contributed by atoms with Crippen molar-refractivity contribution in [3.63, 3.8) is 0 Å². The third-order valence-corrected chi connectivity index (χ3v) is 2.53. The van der Waals surface area contributed by atoms with E-state index in [4.69, 9.17) is 5.26 Å². The fourth-order valence-corrected chi connectivity index (χ4v) is 1.64. The van der Waals surface area contributed by atoms with Gasteiger partial charge in [-0.1, -0.05) is 12.1 Å². The van der Waals surface area contributed by atoms with Gasteiger partial charge in [0.05, 0.1) is 18.0 Å².